The first-order valence-electron chi connectivity index (χ1n) is 7.27. The van der Waals surface area contributed by atoms with Gasteiger partial charge >= 0.3 is 5.97 Å². The van der Waals surface area contributed by atoms with Crippen molar-refractivity contribution in [3.63, 3.8) is 0 Å². The molecule has 0 aliphatic heterocycles. The second-order valence-corrected chi connectivity index (χ2v) is 4.81. The molecular weight excluding hydrogens is 262 g/mol. The van der Waals surface area contributed by atoms with Gasteiger partial charge in [-0.3, -0.25) is 4.79 Å². The first kappa shape index (κ1) is 15.3. The average molecular weight is 283 g/mol. The van der Waals surface area contributed by atoms with E-state index in [1.54, 1.807) is 0 Å². The van der Waals surface area contributed by atoms with Crippen LogP contribution in [0.25, 0.3) is 0 Å². The van der Waals surface area contributed by atoms with Crippen LogP contribution in [0.3, 0.4) is 0 Å². The maximum absolute atomic E-state index is 11.4. The van der Waals surface area contributed by atoms with Gasteiger partial charge in [0.05, 0.1) is 13.2 Å². The minimum Gasteiger partial charge on any atom is -0.465 e. The molecule has 0 saturated carbocycles. The van der Waals surface area contributed by atoms with Crippen LogP contribution in [-0.2, 0) is 9.53 Å². The summed E-state index contributed by atoms with van der Waals surface area (Å²) in [6.45, 7) is 3.17. The summed E-state index contributed by atoms with van der Waals surface area (Å²) in [4.78, 5) is 11.4. The van der Waals surface area contributed by atoms with Crippen LogP contribution >= 0.6 is 0 Å². The van der Waals surface area contributed by atoms with Gasteiger partial charge < -0.3 is 10.1 Å². The van der Waals surface area contributed by atoms with Crippen molar-refractivity contribution in [1.29, 1.82) is 0 Å². The molecule has 0 bridgehead atoms. The lowest BCUT2D eigenvalue weighted by Crippen LogP contribution is -2.29. The molecule has 2 aromatic rings. The Balaban J connectivity index is 2.05. The largest absolute Gasteiger partial charge is 0.465 e. The number of hydrogen-bond acceptors (Lipinski definition) is 3. The molecule has 0 fully saturated rings. The van der Waals surface area contributed by atoms with Crippen molar-refractivity contribution < 1.29 is 9.53 Å². The van der Waals surface area contributed by atoms with Crippen LogP contribution in [0.4, 0.5) is 0 Å². The highest BCUT2D eigenvalue weighted by atomic mass is 16.5. The first-order valence-corrected chi connectivity index (χ1v) is 7.27. The van der Waals surface area contributed by atoms with E-state index in [-0.39, 0.29) is 18.4 Å². The van der Waals surface area contributed by atoms with Gasteiger partial charge in [-0.15, -0.1) is 0 Å². The third kappa shape index (κ3) is 4.72. The van der Waals surface area contributed by atoms with Crippen LogP contribution in [-0.4, -0.2) is 25.7 Å². The number of hydrogen-bond donors (Lipinski definition) is 1. The molecule has 1 N–H and O–H groups in total. The van der Waals surface area contributed by atoms with Crippen LogP contribution < -0.4 is 5.32 Å². The van der Waals surface area contributed by atoms with Crippen LogP contribution in [0.1, 0.15) is 24.0 Å². The Morgan fingerprint density at radius 3 is 2.00 bits per heavy atom. The highest BCUT2D eigenvalue weighted by Gasteiger charge is 2.14. The zero-order valence-electron chi connectivity index (χ0n) is 12.3. The normalized spacial score (nSPS) is 10.6. The summed E-state index contributed by atoms with van der Waals surface area (Å²) >= 11 is 0. The standard InChI is InChI=1S/C18H21NO2/c1-2-21-18(20)14-19-13-17(15-9-5-3-6-10-15)16-11-7-4-8-12-16/h3-12,17,19H,2,13-14H2,1H3. The molecule has 21 heavy (non-hydrogen) atoms. The fraction of sp³-hybridized carbons (Fsp3) is 0.278. The van der Waals surface area contributed by atoms with Crippen molar-refractivity contribution >= 4 is 5.97 Å². The third-order valence-corrected chi connectivity index (χ3v) is 3.33. The van der Waals surface area contributed by atoms with Gasteiger partial charge in [-0.05, 0) is 18.1 Å². The van der Waals surface area contributed by atoms with Gasteiger partial charge in [-0.1, -0.05) is 60.7 Å². The lowest BCUT2D eigenvalue weighted by atomic mass is 9.91. The predicted molar refractivity (Wildman–Crippen MR) is 84.2 cm³/mol. The molecule has 0 aliphatic rings. The fourth-order valence-corrected chi connectivity index (χ4v) is 2.33. The molecule has 3 nitrogen and oxygen atoms in total. The second-order valence-electron chi connectivity index (χ2n) is 4.81. The van der Waals surface area contributed by atoms with Gasteiger partial charge in [0.1, 0.15) is 0 Å². The second kappa shape index (κ2) is 8.22. The Morgan fingerprint density at radius 1 is 1.00 bits per heavy atom. The number of carbonyl (C=O) groups is 1. The maximum Gasteiger partial charge on any atom is 0.319 e. The Bertz CT molecular complexity index is 500. The van der Waals surface area contributed by atoms with Crippen molar-refractivity contribution in [2.45, 2.75) is 12.8 Å². The lowest BCUT2D eigenvalue weighted by molar-refractivity contribution is -0.141. The summed E-state index contributed by atoms with van der Waals surface area (Å²) in [7, 11) is 0. The molecule has 2 rings (SSSR count). The Hall–Kier alpha value is -2.13. The van der Waals surface area contributed by atoms with Gasteiger partial charge in [-0.25, -0.2) is 0 Å². The summed E-state index contributed by atoms with van der Waals surface area (Å²) < 4.78 is 4.93. The van der Waals surface area contributed by atoms with Crippen molar-refractivity contribution in [3.8, 4) is 0 Å². The van der Waals surface area contributed by atoms with Crippen molar-refractivity contribution in [2.75, 3.05) is 19.7 Å². The van der Waals surface area contributed by atoms with E-state index in [0.717, 1.165) is 0 Å². The van der Waals surface area contributed by atoms with Crippen LogP contribution in [0.15, 0.2) is 60.7 Å². The molecule has 0 radical (unpaired) electrons. The van der Waals surface area contributed by atoms with E-state index in [2.05, 4.69) is 29.6 Å². The van der Waals surface area contributed by atoms with Gasteiger partial charge in [0.2, 0.25) is 0 Å². The number of rotatable bonds is 7. The zero-order chi connectivity index (χ0) is 14.9. The summed E-state index contributed by atoms with van der Waals surface area (Å²) in [6, 6.07) is 20.6. The predicted octanol–water partition coefficient (Wildman–Crippen LogP) is 2.97. The molecule has 0 heterocycles. The molecule has 0 spiro atoms. The first-order chi connectivity index (χ1) is 10.3. The van der Waals surface area contributed by atoms with Gasteiger partial charge in [-0.2, -0.15) is 0 Å². The van der Waals surface area contributed by atoms with E-state index in [1.807, 2.05) is 43.3 Å². The van der Waals surface area contributed by atoms with Gasteiger partial charge in [0, 0.05) is 12.5 Å². The van der Waals surface area contributed by atoms with E-state index in [0.29, 0.717) is 13.2 Å². The molecule has 0 unspecified atom stereocenters. The SMILES string of the molecule is CCOC(=O)CNCC(c1ccccc1)c1ccccc1. The lowest BCUT2D eigenvalue weighted by Gasteiger charge is -2.18. The molecule has 2 aromatic carbocycles. The smallest absolute Gasteiger partial charge is 0.319 e. The van der Waals surface area contributed by atoms with Crippen molar-refractivity contribution in [1.82, 2.24) is 5.32 Å². The van der Waals surface area contributed by atoms with Crippen LogP contribution in [0, 0.1) is 0 Å². The van der Waals surface area contributed by atoms with E-state index >= 15 is 0 Å². The van der Waals surface area contributed by atoms with Crippen molar-refractivity contribution in [3.05, 3.63) is 71.8 Å². The van der Waals surface area contributed by atoms with Gasteiger partial charge in [0.15, 0.2) is 0 Å². The average Bonchev–Trinajstić information content (AvgIpc) is 2.53. The summed E-state index contributed by atoms with van der Waals surface area (Å²) in [5, 5.41) is 3.19. The van der Waals surface area contributed by atoms with Crippen molar-refractivity contribution in [2.24, 2.45) is 0 Å². The number of ether oxygens (including phenoxy) is 1. The molecule has 110 valence electrons. The monoisotopic (exact) mass is 283 g/mol. The number of nitrogens with one attached hydrogen (secondary N) is 1. The fourth-order valence-electron chi connectivity index (χ4n) is 2.33. The number of benzene rings is 2. The van der Waals surface area contributed by atoms with E-state index in [9.17, 15) is 4.79 Å². The Kier molecular flexibility index (Phi) is 5.98. The highest BCUT2D eigenvalue weighted by molar-refractivity contribution is 5.71. The molecule has 0 saturated heterocycles. The number of esters is 1. The summed E-state index contributed by atoms with van der Waals surface area (Å²) in [5.74, 6) is 0.0131. The quantitative estimate of drug-likeness (QED) is 0.794. The van der Waals surface area contributed by atoms with Crippen LogP contribution in [0.2, 0.25) is 0 Å². The van der Waals surface area contributed by atoms with E-state index in [1.165, 1.54) is 11.1 Å². The van der Waals surface area contributed by atoms with E-state index in [4.69, 9.17) is 4.74 Å². The third-order valence-electron chi connectivity index (χ3n) is 3.33. The highest BCUT2D eigenvalue weighted by Crippen LogP contribution is 2.23. The molecule has 0 amide bonds. The molecule has 0 aromatic heterocycles. The minimum atomic E-state index is -0.211. The summed E-state index contributed by atoms with van der Waals surface area (Å²) in [5.41, 5.74) is 2.47. The summed E-state index contributed by atoms with van der Waals surface area (Å²) in [6.07, 6.45) is 0. The molecule has 0 aliphatic carbocycles. The molecular formula is C18H21NO2. The number of carbonyl (C=O) groups excluding carboxylic acids is 1. The Morgan fingerprint density at radius 2 is 1.52 bits per heavy atom. The minimum absolute atomic E-state index is 0.211. The van der Waals surface area contributed by atoms with E-state index < -0.39 is 0 Å². The maximum atomic E-state index is 11.4. The van der Waals surface area contributed by atoms with Crippen LogP contribution in [0.5, 0.6) is 0 Å². The topological polar surface area (TPSA) is 38.3 Å². The zero-order valence-corrected chi connectivity index (χ0v) is 12.3. The van der Waals surface area contributed by atoms with Gasteiger partial charge in [0.25, 0.3) is 0 Å². The molecule has 3 heteroatoms. The Labute approximate surface area is 126 Å². The molecule has 0 atom stereocenters.